The smallest absolute Gasteiger partial charge is 0.0628 e. The van der Waals surface area contributed by atoms with Gasteiger partial charge in [0.1, 0.15) is 0 Å². The predicted molar refractivity (Wildman–Crippen MR) is 267 cm³/mol. The molecule has 0 bridgehead atoms. The fraction of sp³-hybridized carbons (Fsp3) is 0.946. The Morgan fingerprint density at radius 1 is 0.333 bits per heavy atom. The molecular weight excluding hydrogens is 816 g/mol. The molecule has 6 nitrogen and oxygen atoms in total. The average molecular weight is 927 g/mol. The minimum absolute atomic E-state index is 0.0351. The van der Waals surface area contributed by atoms with Crippen molar-refractivity contribution < 1.29 is 40.4 Å². The van der Waals surface area contributed by atoms with Crippen LogP contribution in [0.2, 0.25) is 0 Å². The number of rotatable bonds is 50. The first-order chi connectivity index (χ1) is 30.4. The minimum atomic E-state index is -6.70. The summed E-state index contributed by atoms with van der Waals surface area (Å²) in [5, 5.41) is 0. The normalized spacial score (nSPS) is 12.3. The van der Waals surface area contributed by atoms with Crippen LogP contribution < -0.4 is 0 Å². The van der Waals surface area contributed by atoms with Crippen molar-refractivity contribution in [1.29, 1.82) is 0 Å². The summed E-state index contributed by atoms with van der Waals surface area (Å²) in [6, 6.07) is 0. The third-order valence-electron chi connectivity index (χ3n) is 13.5. The van der Waals surface area contributed by atoms with Gasteiger partial charge in [-0.05, 0) is 17.8 Å². The van der Waals surface area contributed by atoms with Crippen molar-refractivity contribution in [3.05, 3.63) is 0 Å². The molecule has 0 aromatic rings. The second kappa shape index (κ2) is 42.6. The number of hydrogen-bond donors (Lipinski definition) is 0. The summed E-state index contributed by atoms with van der Waals surface area (Å²) in [6.45, 7) is 15.4. The third kappa shape index (κ3) is 36.1. The molecule has 0 aliphatic rings. The second-order valence-corrected chi connectivity index (χ2v) is 26.9. The Balaban J connectivity index is 4.88. The number of carbonyl (C=O) groups is 3. The fourth-order valence-electron chi connectivity index (χ4n) is 9.21. The van der Waals surface area contributed by atoms with Gasteiger partial charge in [0, 0.05) is 0 Å². The summed E-state index contributed by atoms with van der Waals surface area (Å²) in [6.07, 6.45) is 46.1. The summed E-state index contributed by atoms with van der Waals surface area (Å²) in [4.78, 5) is 41.4. The monoisotopic (exact) mass is 927 g/mol. The van der Waals surface area contributed by atoms with Gasteiger partial charge in [-0.2, -0.15) is 0 Å². The third-order valence-corrected chi connectivity index (χ3v) is 19.4. The molecule has 0 rings (SSSR count). The summed E-state index contributed by atoms with van der Waals surface area (Å²) in [5.74, 6) is 1.73. The molecule has 0 unspecified atom stereocenters. The van der Waals surface area contributed by atoms with Crippen LogP contribution in [-0.4, -0.2) is 20.8 Å². The van der Waals surface area contributed by atoms with Crippen molar-refractivity contribution in [3.63, 3.8) is 0 Å². The molecule has 63 heavy (non-hydrogen) atoms. The van der Waals surface area contributed by atoms with Crippen molar-refractivity contribution in [2.45, 2.75) is 318 Å². The zero-order valence-electron chi connectivity index (χ0n) is 43.6. The van der Waals surface area contributed by atoms with Crippen LogP contribution in [0.25, 0.3) is 0 Å². The molecule has 7 heteroatoms. The van der Waals surface area contributed by atoms with Gasteiger partial charge in [0.25, 0.3) is 0 Å². The molecule has 0 aromatic heterocycles. The van der Waals surface area contributed by atoms with Gasteiger partial charge < -0.3 is 0 Å². The van der Waals surface area contributed by atoms with E-state index in [0.717, 1.165) is 75.5 Å². The molecule has 0 radical (unpaired) electrons. The van der Waals surface area contributed by atoms with Crippen LogP contribution in [-0.2, 0) is 40.4 Å². The van der Waals surface area contributed by atoms with Gasteiger partial charge in [0.15, 0.2) is 0 Å². The van der Waals surface area contributed by atoms with Crippen LogP contribution in [0.3, 0.4) is 0 Å². The summed E-state index contributed by atoms with van der Waals surface area (Å²) in [5.41, 5.74) is 0. The van der Waals surface area contributed by atoms with E-state index < -0.39 is 30.2 Å². The Labute approximate surface area is 395 Å². The van der Waals surface area contributed by atoms with Crippen molar-refractivity contribution in [2.24, 2.45) is 17.8 Å². The zero-order valence-corrected chi connectivity index (χ0v) is 45.1. The SMILES string of the molecule is CC[O][Ti](=[O])([O]C(=O)CCCCCCCCCCCCCCC(C)C)([C](=O)CCCCCCCCCCCCCCC(C)C)[C](=O)CCCCCCCCCCCCCCC(C)C. The molecule has 0 amide bonds. The maximum atomic E-state index is 15.0. The van der Waals surface area contributed by atoms with E-state index in [2.05, 4.69) is 41.5 Å². The molecule has 0 saturated heterocycles. The van der Waals surface area contributed by atoms with E-state index >= 15 is 3.32 Å². The van der Waals surface area contributed by atoms with Crippen LogP contribution in [0.5, 0.6) is 0 Å². The van der Waals surface area contributed by atoms with Crippen LogP contribution in [0.15, 0.2) is 0 Å². The molecule has 0 aromatic carbocycles. The van der Waals surface area contributed by atoms with Crippen molar-refractivity contribution in [3.8, 4) is 0 Å². The summed E-state index contributed by atoms with van der Waals surface area (Å²) < 4.78 is 25.1. The standard InChI is InChI=1S/C18H36O2.2C18H35O.C2H5O.O.Ti/c1-17(2)15-13-11-9-7-5-3-4-6-8-10-12-14-16-18(19)20;2*1-18(2)16-14-12-10-8-6-4-3-5-7-9-11-13-15-17-19;1-2-3;;/h17H,3-16H2,1-2H3,(H,19,20);2*18H,3-16H2,1-2H3;2H2,1H3;;/q;;;-1;;+2/p-1. The van der Waals surface area contributed by atoms with Gasteiger partial charge in [-0.3, -0.25) is 0 Å². The Kier molecular flexibility index (Phi) is 42.1. The van der Waals surface area contributed by atoms with Crippen LogP contribution in [0.4, 0.5) is 0 Å². The minimum Gasteiger partial charge on any atom is -0.0628 e. The van der Waals surface area contributed by atoms with E-state index in [1.807, 2.05) is 0 Å². The van der Waals surface area contributed by atoms with E-state index in [4.69, 9.17) is 6.64 Å². The van der Waals surface area contributed by atoms with Crippen molar-refractivity contribution >= 4 is 14.1 Å². The molecule has 0 N–H and O–H groups in total. The Morgan fingerprint density at radius 3 is 0.762 bits per heavy atom. The van der Waals surface area contributed by atoms with E-state index in [-0.39, 0.29) is 25.9 Å². The number of hydrogen-bond acceptors (Lipinski definition) is 6. The maximum absolute atomic E-state index is 15.0. The topological polar surface area (TPSA) is 86.7 Å². The number of carbonyl (C=O) groups excluding carboxylic acids is 3. The fourth-order valence-corrected chi connectivity index (χ4v) is 14.2. The first-order valence-electron chi connectivity index (χ1n) is 28.2. The summed E-state index contributed by atoms with van der Waals surface area (Å²) in [7, 11) is 0. The van der Waals surface area contributed by atoms with Crippen LogP contribution >= 0.6 is 0 Å². The number of unbranched alkanes of at least 4 members (excludes halogenated alkanes) is 33. The predicted octanol–water partition coefficient (Wildman–Crippen LogP) is 18.8. The van der Waals surface area contributed by atoms with Gasteiger partial charge in [-0.15, -0.1) is 0 Å². The Bertz CT molecular complexity index is 1080. The van der Waals surface area contributed by atoms with E-state index in [0.29, 0.717) is 19.3 Å². The molecular formula is C56H110O6Ti. The van der Waals surface area contributed by atoms with E-state index in [9.17, 15) is 14.4 Å². The van der Waals surface area contributed by atoms with Crippen LogP contribution in [0, 0.1) is 17.8 Å². The Hall–Kier alpha value is -0.716. The van der Waals surface area contributed by atoms with Gasteiger partial charge in [0.05, 0.1) is 0 Å². The van der Waals surface area contributed by atoms with Gasteiger partial charge in [-0.25, -0.2) is 0 Å². The molecule has 0 saturated carbocycles. The van der Waals surface area contributed by atoms with E-state index in [1.54, 1.807) is 6.92 Å². The quantitative estimate of drug-likeness (QED) is 0.0446. The molecule has 0 atom stereocenters. The molecule has 0 fully saturated rings. The van der Waals surface area contributed by atoms with Gasteiger partial charge >= 0.3 is 274 Å². The van der Waals surface area contributed by atoms with Gasteiger partial charge in [-0.1, -0.05) is 106 Å². The molecule has 0 aliphatic heterocycles. The second-order valence-electron chi connectivity index (χ2n) is 21.3. The van der Waals surface area contributed by atoms with Crippen molar-refractivity contribution in [1.82, 2.24) is 0 Å². The molecule has 0 heterocycles. The van der Waals surface area contributed by atoms with E-state index in [1.165, 1.54) is 173 Å². The first kappa shape index (κ1) is 62.3. The molecule has 0 spiro atoms. The molecule has 374 valence electrons. The van der Waals surface area contributed by atoms with Gasteiger partial charge in [0.2, 0.25) is 0 Å². The van der Waals surface area contributed by atoms with Crippen molar-refractivity contribution in [2.75, 3.05) is 6.61 Å². The van der Waals surface area contributed by atoms with Crippen LogP contribution in [0.1, 0.15) is 318 Å². The Morgan fingerprint density at radius 2 is 0.540 bits per heavy atom. The average Bonchev–Trinajstić information content (AvgIpc) is 3.23. The molecule has 0 aliphatic carbocycles. The zero-order chi connectivity index (χ0) is 46.7. The first-order valence-corrected chi connectivity index (χ1v) is 31.6. The summed E-state index contributed by atoms with van der Waals surface area (Å²) >= 11 is -6.70.